The highest BCUT2D eigenvalue weighted by molar-refractivity contribution is 5.66. The second-order valence-corrected chi connectivity index (χ2v) is 5.38. The molecule has 0 rings (SSSR count). The van der Waals surface area contributed by atoms with Crippen molar-refractivity contribution in [3.05, 3.63) is 24.3 Å². The molecule has 0 bridgehead atoms. The summed E-state index contributed by atoms with van der Waals surface area (Å²) in [6, 6.07) is 0. The van der Waals surface area contributed by atoms with Gasteiger partial charge in [-0.15, -0.1) is 0 Å². The Kier molecular flexibility index (Phi) is 15.2. The van der Waals surface area contributed by atoms with E-state index >= 15 is 0 Å². The Morgan fingerprint density at radius 1 is 0.800 bits per heavy atom. The van der Waals surface area contributed by atoms with E-state index in [0.717, 1.165) is 19.3 Å². The van der Waals surface area contributed by atoms with E-state index in [2.05, 4.69) is 31.2 Å². The van der Waals surface area contributed by atoms with Crippen LogP contribution in [0.5, 0.6) is 0 Å². The highest BCUT2D eigenvalue weighted by Crippen LogP contribution is 2.11. The van der Waals surface area contributed by atoms with E-state index in [1.807, 2.05) is 0 Å². The van der Waals surface area contributed by atoms with Crippen molar-refractivity contribution >= 4 is 5.97 Å². The first-order chi connectivity index (χ1) is 9.77. The Balaban J connectivity index is 3.08. The molecule has 116 valence electrons. The van der Waals surface area contributed by atoms with Crippen LogP contribution in [-0.2, 0) is 4.79 Å². The van der Waals surface area contributed by atoms with Crippen LogP contribution in [0.3, 0.4) is 0 Å². The normalized spacial score (nSPS) is 11.7. The maximum Gasteiger partial charge on any atom is 0.303 e. The summed E-state index contributed by atoms with van der Waals surface area (Å²) in [4.78, 5) is 10.3. The van der Waals surface area contributed by atoms with Gasteiger partial charge >= 0.3 is 5.97 Å². The zero-order valence-electron chi connectivity index (χ0n) is 13.2. The second kappa shape index (κ2) is 16.0. The Morgan fingerprint density at radius 3 is 1.85 bits per heavy atom. The van der Waals surface area contributed by atoms with Crippen molar-refractivity contribution in [2.45, 2.75) is 84.0 Å². The van der Waals surface area contributed by atoms with E-state index in [9.17, 15) is 4.79 Å². The number of carboxylic acid groups (broad SMARTS) is 1. The summed E-state index contributed by atoms with van der Waals surface area (Å²) in [5.41, 5.74) is 0. The van der Waals surface area contributed by atoms with Gasteiger partial charge in [-0.3, -0.25) is 4.79 Å². The first-order valence-electron chi connectivity index (χ1n) is 8.30. The molecule has 0 aliphatic carbocycles. The van der Waals surface area contributed by atoms with Crippen molar-refractivity contribution in [3.63, 3.8) is 0 Å². The molecule has 2 nitrogen and oxygen atoms in total. The fourth-order valence-corrected chi connectivity index (χ4v) is 2.17. The number of hydrogen-bond acceptors (Lipinski definition) is 1. The van der Waals surface area contributed by atoms with Crippen molar-refractivity contribution in [2.24, 2.45) is 0 Å². The standard InChI is InChI=1S/C18H32O2/c1-2-3-4-5-6-7-8-9-10-11-12-13-14-15-16-17-18(19)20/h3-6H,2,7-17H2,1H3,(H,19,20). The number of unbranched alkanes of at least 4 members (excludes halogenated alkanes) is 9. The molecule has 0 amide bonds. The maximum atomic E-state index is 10.3. The Hall–Kier alpha value is -1.05. The van der Waals surface area contributed by atoms with Crippen LogP contribution in [0.15, 0.2) is 24.3 Å². The van der Waals surface area contributed by atoms with E-state index in [-0.39, 0.29) is 0 Å². The lowest BCUT2D eigenvalue weighted by Gasteiger charge is -2.01. The molecule has 0 aromatic heterocycles. The summed E-state index contributed by atoms with van der Waals surface area (Å²) in [7, 11) is 0. The molecule has 0 unspecified atom stereocenters. The van der Waals surface area contributed by atoms with Crippen molar-refractivity contribution in [3.8, 4) is 0 Å². The van der Waals surface area contributed by atoms with Crippen molar-refractivity contribution in [1.29, 1.82) is 0 Å². The minimum atomic E-state index is -0.663. The van der Waals surface area contributed by atoms with Gasteiger partial charge < -0.3 is 5.11 Å². The third kappa shape index (κ3) is 16.9. The lowest BCUT2D eigenvalue weighted by Crippen LogP contribution is -1.93. The Bertz CT molecular complexity index is 267. The number of rotatable bonds is 14. The first kappa shape index (κ1) is 18.9. The van der Waals surface area contributed by atoms with E-state index in [4.69, 9.17) is 5.11 Å². The van der Waals surface area contributed by atoms with Gasteiger partial charge in [-0.2, -0.15) is 0 Å². The smallest absolute Gasteiger partial charge is 0.303 e. The minimum absolute atomic E-state index is 0.334. The summed E-state index contributed by atoms with van der Waals surface area (Å²) in [6.45, 7) is 2.15. The van der Waals surface area contributed by atoms with Crippen molar-refractivity contribution in [1.82, 2.24) is 0 Å². The third-order valence-electron chi connectivity index (χ3n) is 3.38. The quantitative estimate of drug-likeness (QED) is 0.318. The molecule has 0 heterocycles. The summed E-state index contributed by atoms with van der Waals surface area (Å²) >= 11 is 0. The zero-order chi connectivity index (χ0) is 14.9. The molecule has 0 aliphatic heterocycles. The SMILES string of the molecule is CCC=CC=CCCCCCCCCCCCC(=O)O. The van der Waals surface area contributed by atoms with Gasteiger partial charge in [0, 0.05) is 6.42 Å². The largest absolute Gasteiger partial charge is 0.481 e. The second-order valence-electron chi connectivity index (χ2n) is 5.38. The van der Waals surface area contributed by atoms with Gasteiger partial charge in [0.05, 0.1) is 0 Å². The predicted molar refractivity (Wildman–Crippen MR) is 87.0 cm³/mol. The minimum Gasteiger partial charge on any atom is -0.481 e. The van der Waals surface area contributed by atoms with Crippen LogP contribution in [0, 0.1) is 0 Å². The third-order valence-corrected chi connectivity index (χ3v) is 3.38. The van der Waals surface area contributed by atoms with Gasteiger partial charge in [0.25, 0.3) is 0 Å². The van der Waals surface area contributed by atoms with Crippen molar-refractivity contribution in [2.75, 3.05) is 0 Å². The average molecular weight is 280 g/mol. The van der Waals surface area contributed by atoms with E-state index in [1.165, 1.54) is 51.4 Å². The molecule has 0 saturated carbocycles. The first-order valence-corrected chi connectivity index (χ1v) is 8.30. The van der Waals surface area contributed by atoms with Gasteiger partial charge in [-0.25, -0.2) is 0 Å². The molecule has 20 heavy (non-hydrogen) atoms. The Morgan fingerprint density at radius 2 is 1.30 bits per heavy atom. The van der Waals surface area contributed by atoms with Gasteiger partial charge in [0.15, 0.2) is 0 Å². The number of carbonyl (C=O) groups is 1. The maximum absolute atomic E-state index is 10.3. The van der Waals surface area contributed by atoms with E-state index in [0.29, 0.717) is 6.42 Å². The summed E-state index contributed by atoms with van der Waals surface area (Å²) in [6.07, 6.45) is 22.3. The zero-order valence-corrected chi connectivity index (χ0v) is 13.2. The van der Waals surface area contributed by atoms with E-state index < -0.39 is 5.97 Å². The molecule has 0 radical (unpaired) electrons. The monoisotopic (exact) mass is 280 g/mol. The number of allylic oxidation sites excluding steroid dienone is 4. The van der Waals surface area contributed by atoms with Crippen LogP contribution in [-0.4, -0.2) is 11.1 Å². The van der Waals surface area contributed by atoms with Gasteiger partial charge in [0.1, 0.15) is 0 Å². The van der Waals surface area contributed by atoms with Gasteiger partial charge in [-0.1, -0.05) is 76.2 Å². The average Bonchev–Trinajstić information content (AvgIpc) is 2.43. The van der Waals surface area contributed by atoms with Crippen LogP contribution in [0.1, 0.15) is 84.0 Å². The molecule has 2 heteroatoms. The van der Waals surface area contributed by atoms with Crippen LogP contribution in [0.2, 0.25) is 0 Å². The molecule has 0 aliphatic rings. The molecular formula is C18H32O2. The van der Waals surface area contributed by atoms with Crippen LogP contribution in [0.25, 0.3) is 0 Å². The molecule has 0 aromatic carbocycles. The topological polar surface area (TPSA) is 37.3 Å². The summed E-state index contributed by atoms with van der Waals surface area (Å²) in [5.74, 6) is -0.663. The predicted octanol–water partition coefficient (Wildman–Crippen LogP) is 5.88. The van der Waals surface area contributed by atoms with Gasteiger partial charge in [0.2, 0.25) is 0 Å². The molecule has 1 N–H and O–H groups in total. The van der Waals surface area contributed by atoms with Crippen LogP contribution >= 0.6 is 0 Å². The van der Waals surface area contributed by atoms with E-state index in [1.54, 1.807) is 0 Å². The molecule has 0 spiro atoms. The fourth-order valence-electron chi connectivity index (χ4n) is 2.17. The number of carboxylic acids is 1. The summed E-state index contributed by atoms with van der Waals surface area (Å²) < 4.78 is 0. The molecule has 0 fully saturated rings. The molecule has 0 saturated heterocycles. The van der Waals surface area contributed by atoms with Gasteiger partial charge in [-0.05, 0) is 25.7 Å². The highest BCUT2D eigenvalue weighted by atomic mass is 16.4. The fraction of sp³-hybridized carbons (Fsp3) is 0.722. The van der Waals surface area contributed by atoms with Crippen LogP contribution in [0.4, 0.5) is 0 Å². The lowest BCUT2D eigenvalue weighted by molar-refractivity contribution is -0.137. The van der Waals surface area contributed by atoms with Crippen LogP contribution < -0.4 is 0 Å². The number of hydrogen-bond donors (Lipinski definition) is 1. The molecular weight excluding hydrogens is 248 g/mol. The molecule has 0 aromatic rings. The lowest BCUT2D eigenvalue weighted by atomic mass is 10.1. The molecule has 0 atom stereocenters. The summed E-state index contributed by atoms with van der Waals surface area (Å²) in [5, 5.41) is 8.51. The highest BCUT2D eigenvalue weighted by Gasteiger charge is 1.96. The van der Waals surface area contributed by atoms with Crippen molar-refractivity contribution < 1.29 is 9.90 Å². The Labute approximate surface area is 125 Å². The number of aliphatic carboxylic acids is 1.